The van der Waals surface area contributed by atoms with E-state index < -0.39 is 5.25 Å². The Bertz CT molecular complexity index is 911. The molecule has 134 valence electrons. The van der Waals surface area contributed by atoms with E-state index in [0.29, 0.717) is 16.0 Å². The lowest BCUT2D eigenvalue weighted by Crippen LogP contribution is -2.26. The first-order valence-electron chi connectivity index (χ1n) is 8.06. The molecule has 3 rings (SSSR count). The summed E-state index contributed by atoms with van der Waals surface area (Å²) in [5.41, 5.74) is 1.74. The number of likely N-dealkylation sites (N-methyl/N-ethyl adjacent to an activating group) is 1. The minimum absolute atomic E-state index is 0.00323. The second-order valence-electron chi connectivity index (χ2n) is 5.99. The van der Waals surface area contributed by atoms with E-state index in [-0.39, 0.29) is 5.91 Å². The van der Waals surface area contributed by atoms with Gasteiger partial charge in [-0.15, -0.1) is 10.2 Å². The highest BCUT2D eigenvalue weighted by Crippen LogP contribution is 2.37. The predicted molar refractivity (Wildman–Crippen MR) is 105 cm³/mol. The first kappa shape index (κ1) is 18.5. The van der Waals surface area contributed by atoms with Crippen LogP contribution in [-0.4, -0.2) is 39.7 Å². The normalized spacial score (nSPS) is 12.0. The van der Waals surface area contributed by atoms with Crippen LogP contribution in [0.4, 0.5) is 0 Å². The van der Waals surface area contributed by atoms with Gasteiger partial charge in [-0.1, -0.05) is 65.8 Å². The van der Waals surface area contributed by atoms with Crippen molar-refractivity contribution in [3.63, 3.8) is 0 Å². The van der Waals surface area contributed by atoms with Gasteiger partial charge in [0, 0.05) is 26.7 Å². The van der Waals surface area contributed by atoms with E-state index in [1.165, 1.54) is 11.8 Å². The highest BCUT2D eigenvalue weighted by atomic mass is 35.5. The zero-order chi connectivity index (χ0) is 18.7. The minimum atomic E-state index is -0.395. The molecule has 1 aromatic heterocycles. The molecular weight excluding hydrogens is 368 g/mol. The summed E-state index contributed by atoms with van der Waals surface area (Å²) >= 11 is 7.67. The number of hydrogen-bond acceptors (Lipinski definition) is 4. The first-order valence-corrected chi connectivity index (χ1v) is 9.32. The van der Waals surface area contributed by atoms with E-state index in [2.05, 4.69) is 10.2 Å². The van der Waals surface area contributed by atoms with Crippen molar-refractivity contribution in [2.24, 2.45) is 7.05 Å². The third-order valence-corrected chi connectivity index (χ3v) is 5.55. The Balaban J connectivity index is 1.96. The lowest BCUT2D eigenvalue weighted by Gasteiger charge is -2.20. The van der Waals surface area contributed by atoms with E-state index in [1.54, 1.807) is 19.0 Å². The van der Waals surface area contributed by atoms with Gasteiger partial charge in [0.25, 0.3) is 0 Å². The van der Waals surface area contributed by atoms with Crippen LogP contribution in [0, 0.1) is 0 Å². The van der Waals surface area contributed by atoms with Crippen molar-refractivity contribution in [2.45, 2.75) is 10.4 Å². The molecule has 0 saturated carbocycles. The maximum Gasteiger partial charge on any atom is 0.240 e. The molecule has 0 saturated heterocycles. The monoisotopic (exact) mass is 386 g/mol. The molecule has 1 amide bonds. The summed E-state index contributed by atoms with van der Waals surface area (Å²) in [4.78, 5) is 14.3. The molecule has 5 nitrogen and oxygen atoms in total. The Morgan fingerprint density at radius 2 is 1.73 bits per heavy atom. The number of carbonyl (C=O) groups excluding carboxylic acids is 1. The van der Waals surface area contributed by atoms with Crippen molar-refractivity contribution in [1.29, 1.82) is 0 Å². The summed E-state index contributed by atoms with van der Waals surface area (Å²) < 4.78 is 1.87. The van der Waals surface area contributed by atoms with Crippen LogP contribution < -0.4 is 0 Å². The lowest BCUT2D eigenvalue weighted by atomic mass is 10.1. The highest BCUT2D eigenvalue weighted by Gasteiger charge is 2.26. The predicted octanol–water partition coefficient (Wildman–Crippen LogP) is 4.06. The van der Waals surface area contributed by atoms with Crippen LogP contribution in [-0.2, 0) is 11.8 Å². The highest BCUT2D eigenvalue weighted by molar-refractivity contribution is 8.00. The van der Waals surface area contributed by atoms with Crippen LogP contribution in [0.25, 0.3) is 11.4 Å². The number of halogens is 1. The summed E-state index contributed by atoms with van der Waals surface area (Å²) in [6, 6.07) is 17.2. The molecule has 0 bridgehead atoms. The Morgan fingerprint density at radius 3 is 2.38 bits per heavy atom. The number of aromatic nitrogens is 3. The van der Waals surface area contributed by atoms with Gasteiger partial charge in [-0.3, -0.25) is 4.79 Å². The van der Waals surface area contributed by atoms with Gasteiger partial charge in [-0.2, -0.15) is 0 Å². The summed E-state index contributed by atoms with van der Waals surface area (Å²) in [7, 11) is 5.39. The number of amides is 1. The number of carbonyl (C=O) groups is 1. The fourth-order valence-electron chi connectivity index (χ4n) is 2.52. The molecule has 1 atom stereocenters. The molecule has 0 radical (unpaired) electrons. The van der Waals surface area contributed by atoms with E-state index in [9.17, 15) is 4.79 Å². The first-order chi connectivity index (χ1) is 12.5. The molecule has 7 heteroatoms. The van der Waals surface area contributed by atoms with Crippen LogP contribution in [0.5, 0.6) is 0 Å². The van der Waals surface area contributed by atoms with Gasteiger partial charge < -0.3 is 9.47 Å². The van der Waals surface area contributed by atoms with Crippen LogP contribution in [0.15, 0.2) is 59.8 Å². The number of benzene rings is 2. The zero-order valence-corrected chi connectivity index (χ0v) is 16.3. The Labute approximate surface area is 162 Å². The maximum atomic E-state index is 12.7. The molecule has 0 aliphatic rings. The van der Waals surface area contributed by atoms with Crippen LogP contribution in [0.1, 0.15) is 10.8 Å². The third kappa shape index (κ3) is 3.76. The van der Waals surface area contributed by atoms with Crippen LogP contribution >= 0.6 is 23.4 Å². The van der Waals surface area contributed by atoms with Crippen molar-refractivity contribution < 1.29 is 4.79 Å². The van der Waals surface area contributed by atoms with Crippen molar-refractivity contribution in [3.05, 3.63) is 65.2 Å². The number of rotatable bonds is 5. The number of hydrogen-bond donors (Lipinski definition) is 0. The maximum absolute atomic E-state index is 12.7. The molecule has 0 aliphatic carbocycles. The van der Waals surface area contributed by atoms with Gasteiger partial charge in [-0.05, 0) is 17.7 Å². The Morgan fingerprint density at radius 1 is 1.08 bits per heavy atom. The van der Waals surface area contributed by atoms with Crippen LogP contribution in [0.2, 0.25) is 5.02 Å². The average Bonchev–Trinajstić information content (AvgIpc) is 3.00. The van der Waals surface area contributed by atoms with Crippen molar-refractivity contribution in [2.75, 3.05) is 14.1 Å². The molecule has 0 fully saturated rings. The summed E-state index contributed by atoms with van der Waals surface area (Å²) in [6.45, 7) is 0. The molecule has 3 aromatic rings. The van der Waals surface area contributed by atoms with E-state index in [0.717, 1.165) is 11.1 Å². The summed E-state index contributed by atoms with van der Waals surface area (Å²) in [6.07, 6.45) is 0. The Hall–Kier alpha value is -2.31. The molecule has 26 heavy (non-hydrogen) atoms. The molecular formula is C19H19ClN4OS. The largest absolute Gasteiger partial charge is 0.348 e. The number of thioether (sulfide) groups is 1. The second kappa shape index (κ2) is 7.93. The molecule has 0 unspecified atom stereocenters. The molecule has 2 aromatic carbocycles. The van der Waals surface area contributed by atoms with Crippen LogP contribution in [0.3, 0.4) is 0 Å². The second-order valence-corrected chi connectivity index (χ2v) is 7.47. The van der Waals surface area contributed by atoms with Gasteiger partial charge in [-0.25, -0.2) is 0 Å². The topological polar surface area (TPSA) is 51.0 Å². The summed E-state index contributed by atoms with van der Waals surface area (Å²) in [5, 5.41) is 9.44. The summed E-state index contributed by atoms with van der Waals surface area (Å²) in [5.74, 6) is 0.672. The van der Waals surface area contributed by atoms with Gasteiger partial charge in [0.15, 0.2) is 11.0 Å². The fourth-order valence-corrected chi connectivity index (χ4v) is 3.89. The van der Waals surface area contributed by atoms with E-state index >= 15 is 0 Å². The van der Waals surface area contributed by atoms with Gasteiger partial charge in [0.05, 0.1) is 5.02 Å². The van der Waals surface area contributed by atoms with E-state index in [1.807, 2.05) is 66.2 Å². The standard InChI is InChI=1S/C19H19ClN4OS/c1-23(2)18(25)16(13-9-5-4-6-10-13)26-19-22-21-17(24(19)3)14-11-7-8-12-15(14)20/h4-12,16H,1-3H3/t16-/m1/s1. The minimum Gasteiger partial charge on any atom is -0.348 e. The number of nitrogens with zero attached hydrogens (tertiary/aromatic N) is 4. The molecule has 0 N–H and O–H groups in total. The third-order valence-electron chi connectivity index (χ3n) is 3.94. The molecule has 0 spiro atoms. The fraction of sp³-hybridized carbons (Fsp3) is 0.211. The zero-order valence-electron chi connectivity index (χ0n) is 14.8. The van der Waals surface area contributed by atoms with Crippen molar-refractivity contribution in [3.8, 4) is 11.4 Å². The lowest BCUT2D eigenvalue weighted by molar-refractivity contribution is -0.128. The SMILES string of the molecule is CN(C)C(=O)[C@H](Sc1nnc(-c2ccccc2Cl)n1C)c1ccccc1. The smallest absolute Gasteiger partial charge is 0.240 e. The molecule has 0 aliphatic heterocycles. The van der Waals surface area contributed by atoms with Crippen molar-refractivity contribution >= 4 is 29.3 Å². The molecule has 1 heterocycles. The van der Waals surface area contributed by atoms with Crippen molar-refractivity contribution in [1.82, 2.24) is 19.7 Å². The van der Waals surface area contributed by atoms with Gasteiger partial charge in [0.2, 0.25) is 5.91 Å². The Kier molecular flexibility index (Phi) is 5.64. The van der Waals surface area contributed by atoms with Gasteiger partial charge in [0.1, 0.15) is 5.25 Å². The average molecular weight is 387 g/mol. The quantitative estimate of drug-likeness (QED) is 0.620. The van der Waals surface area contributed by atoms with Gasteiger partial charge >= 0.3 is 0 Å². The van der Waals surface area contributed by atoms with E-state index in [4.69, 9.17) is 11.6 Å².